The Hall–Kier alpha value is -0.0400. The van der Waals surface area contributed by atoms with Crippen LogP contribution in [0.4, 0.5) is 0 Å². The van der Waals surface area contributed by atoms with Crippen molar-refractivity contribution >= 4 is 0 Å². The lowest BCUT2D eigenvalue weighted by atomic mass is 9.90. The van der Waals surface area contributed by atoms with E-state index in [-0.39, 0.29) is 0 Å². The average Bonchev–Trinajstić information content (AvgIpc) is 2.03. The van der Waals surface area contributed by atoms with Gasteiger partial charge in [0.05, 0.1) is 0 Å². The number of nitrogens with two attached hydrogens (primary N) is 1. The van der Waals surface area contributed by atoms with Crippen LogP contribution in [0, 0.1) is 11.8 Å². The lowest BCUT2D eigenvalue weighted by Crippen LogP contribution is -2.11. The van der Waals surface area contributed by atoms with E-state index >= 15 is 0 Å². The van der Waals surface area contributed by atoms with Crippen LogP contribution >= 0.6 is 0 Å². The molecule has 0 aromatic rings. The summed E-state index contributed by atoms with van der Waals surface area (Å²) in [6.07, 6.45) is 5.17. The second-order valence-corrected chi connectivity index (χ2v) is 3.60. The maximum atomic E-state index is 5.52. The standard InChI is InChI=1S/C10H23N/c1-4-9(3)8-10(5-2)6-7-11/h9-10H,4-8,11H2,1-3H3. The highest BCUT2D eigenvalue weighted by molar-refractivity contribution is 4.61. The Kier molecular flexibility index (Phi) is 6.63. The Labute approximate surface area is 71.4 Å². The minimum absolute atomic E-state index is 0.856. The van der Waals surface area contributed by atoms with Gasteiger partial charge in [0.2, 0.25) is 0 Å². The molecule has 68 valence electrons. The first kappa shape index (κ1) is 11.0. The molecule has 0 spiro atoms. The topological polar surface area (TPSA) is 26.0 Å². The SMILES string of the molecule is CCC(C)CC(CC)CCN. The summed E-state index contributed by atoms with van der Waals surface area (Å²) in [4.78, 5) is 0. The van der Waals surface area contributed by atoms with E-state index in [9.17, 15) is 0 Å². The zero-order valence-electron chi connectivity index (χ0n) is 8.27. The minimum Gasteiger partial charge on any atom is -0.330 e. The molecule has 2 N–H and O–H groups in total. The van der Waals surface area contributed by atoms with Crippen molar-refractivity contribution in [1.82, 2.24) is 0 Å². The Balaban J connectivity index is 3.49. The summed E-state index contributed by atoms with van der Waals surface area (Å²) in [7, 11) is 0. The molecule has 0 aliphatic rings. The molecule has 0 radical (unpaired) electrons. The highest BCUT2D eigenvalue weighted by Gasteiger charge is 2.08. The zero-order chi connectivity index (χ0) is 8.69. The van der Waals surface area contributed by atoms with Crippen molar-refractivity contribution in [2.75, 3.05) is 6.54 Å². The first-order valence-corrected chi connectivity index (χ1v) is 4.94. The second kappa shape index (κ2) is 6.66. The zero-order valence-corrected chi connectivity index (χ0v) is 8.27. The molecule has 0 rings (SSSR count). The minimum atomic E-state index is 0.856. The van der Waals surface area contributed by atoms with Crippen LogP contribution in [0.2, 0.25) is 0 Å². The van der Waals surface area contributed by atoms with E-state index in [1.54, 1.807) is 0 Å². The first-order valence-electron chi connectivity index (χ1n) is 4.94. The van der Waals surface area contributed by atoms with Gasteiger partial charge in [-0.1, -0.05) is 33.6 Å². The quantitative estimate of drug-likeness (QED) is 0.630. The van der Waals surface area contributed by atoms with E-state index < -0.39 is 0 Å². The highest BCUT2D eigenvalue weighted by atomic mass is 14.5. The van der Waals surface area contributed by atoms with Gasteiger partial charge in [-0.25, -0.2) is 0 Å². The van der Waals surface area contributed by atoms with Crippen LogP contribution < -0.4 is 5.73 Å². The van der Waals surface area contributed by atoms with Gasteiger partial charge >= 0.3 is 0 Å². The molecule has 0 amide bonds. The summed E-state index contributed by atoms with van der Waals surface area (Å²) in [5.41, 5.74) is 5.52. The van der Waals surface area contributed by atoms with E-state index in [4.69, 9.17) is 5.73 Å². The maximum Gasteiger partial charge on any atom is -0.00746 e. The fourth-order valence-electron chi connectivity index (χ4n) is 1.46. The lowest BCUT2D eigenvalue weighted by Gasteiger charge is -2.17. The smallest absolute Gasteiger partial charge is 0.00746 e. The van der Waals surface area contributed by atoms with Crippen LogP contribution in [0.3, 0.4) is 0 Å². The first-order chi connectivity index (χ1) is 5.24. The molecule has 1 heteroatoms. The van der Waals surface area contributed by atoms with Gasteiger partial charge < -0.3 is 5.73 Å². The molecule has 0 aliphatic heterocycles. The van der Waals surface area contributed by atoms with E-state index in [1.165, 1.54) is 25.7 Å². The van der Waals surface area contributed by atoms with Crippen molar-refractivity contribution in [2.24, 2.45) is 17.6 Å². The molecule has 0 bridgehead atoms. The number of hydrogen-bond acceptors (Lipinski definition) is 1. The van der Waals surface area contributed by atoms with E-state index in [0.29, 0.717) is 0 Å². The Morgan fingerprint density at radius 2 is 1.82 bits per heavy atom. The largest absolute Gasteiger partial charge is 0.330 e. The molecule has 0 heterocycles. The Morgan fingerprint density at radius 3 is 2.18 bits per heavy atom. The molecule has 2 atom stereocenters. The molecule has 1 nitrogen and oxygen atoms in total. The van der Waals surface area contributed by atoms with E-state index in [1.807, 2.05) is 0 Å². The number of rotatable bonds is 6. The van der Waals surface area contributed by atoms with Crippen LogP contribution in [-0.2, 0) is 0 Å². The van der Waals surface area contributed by atoms with Crippen molar-refractivity contribution in [3.8, 4) is 0 Å². The van der Waals surface area contributed by atoms with Crippen molar-refractivity contribution in [3.05, 3.63) is 0 Å². The highest BCUT2D eigenvalue weighted by Crippen LogP contribution is 2.20. The van der Waals surface area contributed by atoms with Gasteiger partial charge in [-0.15, -0.1) is 0 Å². The van der Waals surface area contributed by atoms with Gasteiger partial charge in [-0.3, -0.25) is 0 Å². The third-order valence-corrected chi connectivity index (χ3v) is 2.58. The molecule has 0 aromatic heterocycles. The predicted octanol–water partition coefficient (Wildman–Crippen LogP) is 2.80. The summed E-state index contributed by atoms with van der Waals surface area (Å²) in [6.45, 7) is 7.72. The monoisotopic (exact) mass is 157 g/mol. The molecule has 0 aromatic carbocycles. The molecule has 0 fully saturated rings. The van der Waals surface area contributed by atoms with Crippen LogP contribution in [0.15, 0.2) is 0 Å². The van der Waals surface area contributed by atoms with Gasteiger partial charge in [-0.2, -0.15) is 0 Å². The summed E-state index contributed by atoms with van der Waals surface area (Å²) < 4.78 is 0. The summed E-state index contributed by atoms with van der Waals surface area (Å²) in [5.74, 6) is 1.75. The molecular weight excluding hydrogens is 134 g/mol. The molecular formula is C10H23N. The van der Waals surface area contributed by atoms with Gasteiger partial charge in [-0.05, 0) is 31.2 Å². The molecule has 0 saturated carbocycles. The third-order valence-electron chi connectivity index (χ3n) is 2.58. The van der Waals surface area contributed by atoms with Gasteiger partial charge in [0.25, 0.3) is 0 Å². The van der Waals surface area contributed by atoms with Crippen molar-refractivity contribution < 1.29 is 0 Å². The van der Waals surface area contributed by atoms with Crippen LogP contribution in [0.5, 0.6) is 0 Å². The molecule has 0 saturated heterocycles. The van der Waals surface area contributed by atoms with Crippen LogP contribution in [-0.4, -0.2) is 6.54 Å². The second-order valence-electron chi connectivity index (χ2n) is 3.60. The normalized spacial score (nSPS) is 16.4. The molecule has 2 unspecified atom stereocenters. The number of hydrogen-bond donors (Lipinski definition) is 1. The molecule has 0 aliphatic carbocycles. The van der Waals surface area contributed by atoms with E-state index in [2.05, 4.69) is 20.8 Å². The average molecular weight is 157 g/mol. The van der Waals surface area contributed by atoms with Crippen molar-refractivity contribution in [1.29, 1.82) is 0 Å². The van der Waals surface area contributed by atoms with Crippen molar-refractivity contribution in [3.63, 3.8) is 0 Å². The van der Waals surface area contributed by atoms with Gasteiger partial charge in [0.1, 0.15) is 0 Å². The Bertz CT molecular complexity index is 80.9. The predicted molar refractivity (Wildman–Crippen MR) is 51.5 cm³/mol. The van der Waals surface area contributed by atoms with Gasteiger partial charge in [0.15, 0.2) is 0 Å². The molecule has 11 heavy (non-hydrogen) atoms. The fraction of sp³-hybridized carbons (Fsp3) is 1.00. The van der Waals surface area contributed by atoms with Gasteiger partial charge in [0, 0.05) is 0 Å². The van der Waals surface area contributed by atoms with Crippen LogP contribution in [0.1, 0.15) is 46.5 Å². The maximum absolute atomic E-state index is 5.52. The third kappa shape index (κ3) is 5.25. The summed E-state index contributed by atoms with van der Waals surface area (Å²) >= 11 is 0. The van der Waals surface area contributed by atoms with E-state index in [0.717, 1.165) is 18.4 Å². The summed E-state index contributed by atoms with van der Waals surface area (Å²) in [5, 5.41) is 0. The Morgan fingerprint density at radius 1 is 1.18 bits per heavy atom. The van der Waals surface area contributed by atoms with Crippen LogP contribution in [0.25, 0.3) is 0 Å². The summed E-state index contributed by atoms with van der Waals surface area (Å²) in [6, 6.07) is 0. The lowest BCUT2D eigenvalue weighted by molar-refractivity contribution is 0.358. The van der Waals surface area contributed by atoms with Crippen molar-refractivity contribution in [2.45, 2.75) is 46.5 Å². The fourth-order valence-corrected chi connectivity index (χ4v) is 1.46.